The fourth-order valence-electron chi connectivity index (χ4n) is 2.04. The smallest absolute Gasteiger partial charge is 0.163 e. The summed E-state index contributed by atoms with van der Waals surface area (Å²) in [6.45, 7) is 9.98. The van der Waals surface area contributed by atoms with Crippen molar-refractivity contribution in [3.05, 3.63) is 0 Å². The highest BCUT2D eigenvalue weighted by Crippen LogP contribution is 2.13. The van der Waals surface area contributed by atoms with E-state index in [0.29, 0.717) is 18.9 Å². The number of morpholine rings is 1. The van der Waals surface area contributed by atoms with Crippen molar-refractivity contribution >= 4 is 5.78 Å². The van der Waals surface area contributed by atoms with Crippen LogP contribution in [0.15, 0.2) is 0 Å². The number of rotatable bonds is 6. The van der Waals surface area contributed by atoms with E-state index < -0.39 is 0 Å². The van der Waals surface area contributed by atoms with Crippen LogP contribution in [0.1, 0.15) is 40.0 Å². The number of carbonyl (C=O) groups is 1. The Morgan fingerprint density at radius 3 is 2.88 bits per heavy atom. The highest BCUT2D eigenvalue weighted by molar-refractivity contribution is 5.83. The number of carbonyl (C=O) groups excluding carboxylic acids is 1. The lowest BCUT2D eigenvalue weighted by Crippen LogP contribution is -2.46. The van der Waals surface area contributed by atoms with E-state index in [1.54, 1.807) is 0 Å². The maximum absolute atomic E-state index is 12.0. The van der Waals surface area contributed by atoms with Gasteiger partial charge in [0.1, 0.15) is 6.10 Å². The van der Waals surface area contributed by atoms with Crippen LogP contribution in [-0.2, 0) is 9.53 Å². The van der Waals surface area contributed by atoms with Crippen molar-refractivity contribution in [2.24, 2.45) is 5.92 Å². The molecule has 1 aliphatic rings. The highest BCUT2D eigenvalue weighted by atomic mass is 16.5. The second kappa shape index (κ2) is 7.02. The second-order valence-electron chi connectivity index (χ2n) is 4.84. The Morgan fingerprint density at radius 1 is 1.50 bits per heavy atom. The molecule has 0 spiro atoms. The molecule has 16 heavy (non-hydrogen) atoms. The van der Waals surface area contributed by atoms with Crippen LogP contribution in [0.25, 0.3) is 0 Å². The van der Waals surface area contributed by atoms with Crippen molar-refractivity contribution < 1.29 is 9.53 Å². The van der Waals surface area contributed by atoms with Gasteiger partial charge >= 0.3 is 0 Å². The molecular weight excluding hydrogens is 202 g/mol. The SMILES string of the molecule is CCCN1CCOC(C(=O)CC(C)CC)C1. The molecule has 1 heterocycles. The van der Waals surface area contributed by atoms with Gasteiger partial charge in [0.2, 0.25) is 0 Å². The first-order valence-corrected chi connectivity index (χ1v) is 6.54. The molecule has 2 atom stereocenters. The molecule has 1 fully saturated rings. The van der Waals surface area contributed by atoms with E-state index in [9.17, 15) is 4.79 Å². The predicted octanol–water partition coefficient (Wildman–Crippen LogP) is 2.10. The number of Topliss-reactive ketones (excluding diaryl/α,β-unsaturated/α-hetero) is 1. The van der Waals surface area contributed by atoms with E-state index in [-0.39, 0.29) is 11.9 Å². The maximum atomic E-state index is 12.0. The topological polar surface area (TPSA) is 29.5 Å². The summed E-state index contributed by atoms with van der Waals surface area (Å²) in [5, 5.41) is 0. The van der Waals surface area contributed by atoms with Crippen LogP contribution < -0.4 is 0 Å². The molecule has 0 aromatic carbocycles. The monoisotopic (exact) mass is 227 g/mol. The summed E-state index contributed by atoms with van der Waals surface area (Å²) in [5.41, 5.74) is 0. The first-order valence-electron chi connectivity index (χ1n) is 6.54. The number of ether oxygens (including phenoxy) is 1. The third kappa shape index (κ3) is 4.22. The molecule has 0 saturated carbocycles. The molecular formula is C13H25NO2. The Kier molecular flexibility index (Phi) is 5.99. The molecule has 3 nitrogen and oxygen atoms in total. The van der Waals surface area contributed by atoms with Crippen molar-refractivity contribution in [1.82, 2.24) is 4.90 Å². The molecule has 1 rings (SSSR count). The molecule has 1 aliphatic heterocycles. The summed E-state index contributed by atoms with van der Waals surface area (Å²) in [6, 6.07) is 0. The van der Waals surface area contributed by atoms with Crippen molar-refractivity contribution in [2.45, 2.75) is 46.1 Å². The molecule has 0 radical (unpaired) electrons. The molecule has 0 bridgehead atoms. The van der Waals surface area contributed by atoms with Gasteiger partial charge < -0.3 is 4.74 Å². The van der Waals surface area contributed by atoms with Gasteiger partial charge in [0.15, 0.2) is 5.78 Å². The predicted molar refractivity (Wildman–Crippen MR) is 65.6 cm³/mol. The summed E-state index contributed by atoms with van der Waals surface area (Å²) in [5.74, 6) is 0.771. The molecule has 2 unspecified atom stereocenters. The Balaban J connectivity index is 2.37. The molecule has 94 valence electrons. The number of hydrogen-bond acceptors (Lipinski definition) is 3. The largest absolute Gasteiger partial charge is 0.368 e. The Labute approximate surface area is 99.1 Å². The minimum Gasteiger partial charge on any atom is -0.368 e. The zero-order chi connectivity index (χ0) is 12.0. The first-order chi connectivity index (χ1) is 7.67. The molecule has 0 N–H and O–H groups in total. The molecule has 3 heteroatoms. The third-order valence-corrected chi connectivity index (χ3v) is 3.30. The molecule has 0 aromatic rings. The van der Waals surface area contributed by atoms with E-state index in [1.807, 2.05) is 0 Å². The lowest BCUT2D eigenvalue weighted by atomic mass is 9.98. The van der Waals surface area contributed by atoms with E-state index in [2.05, 4.69) is 25.7 Å². The van der Waals surface area contributed by atoms with Crippen molar-refractivity contribution in [3.8, 4) is 0 Å². The number of ketones is 1. The summed E-state index contributed by atoms with van der Waals surface area (Å²) in [6.07, 6.45) is 2.71. The number of nitrogens with zero attached hydrogens (tertiary/aromatic N) is 1. The van der Waals surface area contributed by atoms with Crippen LogP contribution in [0.3, 0.4) is 0 Å². The quantitative estimate of drug-likeness (QED) is 0.696. The van der Waals surface area contributed by atoms with Gasteiger partial charge in [-0.25, -0.2) is 0 Å². The van der Waals surface area contributed by atoms with E-state index >= 15 is 0 Å². The minimum atomic E-state index is -0.172. The van der Waals surface area contributed by atoms with Crippen LogP contribution >= 0.6 is 0 Å². The summed E-state index contributed by atoms with van der Waals surface area (Å²) < 4.78 is 5.57. The number of hydrogen-bond donors (Lipinski definition) is 0. The fraction of sp³-hybridized carbons (Fsp3) is 0.923. The normalized spacial score (nSPS) is 24.3. The Hall–Kier alpha value is -0.410. The van der Waals surface area contributed by atoms with Gasteiger partial charge in [-0.15, -0.1) is 0 Å². The fourth-order valence-corrected chi connectivity index (χ4v) is 2.04. The van der Waals surface area contributed by atoms with Crippen LogP contribution in [0.5, 0.6) is 0 Å². The van der Waals surface area contributed by atoms with E-state index in [4.69, 9.17) is 4.74 Å². The van der Waals surface area contributed by atoms with Crippen LogP contribution in [-0.4, -0.2) is 43.0 Å². The Morgan fingerprint density at radius 2 is 2.25 bits per heavy atom. The third-order valence-electron chi connectivity index (χ3n) is 3.30. The maximum Gasteiger partial charge on any atom is 0.163 e. The van der Waals surface area contributed by atoms with E-state index in [1.165, 1.54) is 0 Å². The first kappa shape index (κ1) is 13.7. The van der Waals surface area contributed by atoms with Gasteiger partial charge in [-0.2, -0.15) is 0 Å². The van der Waals surface area contributed by atoms with Gasteiger partial charge in [-0.05, 0) is 18.9 Å². The summed E-state index contributed by atoms with van der Waals surface area (Å²) in [4.78, 5) is 14.3. The lowest BCUT2D eigenvalue weighted by Gasteiger charge is -2.32. The van der Waals surface area contributed by atoms with Gasteiger partial charge in [0.05, 0.1) is 6.61 Å². The molecule has 1 saturated heterocycles. The zero-order valence-corrected chi connectivity index (χ0v) is 10.9. The van der Waals surface area contributed by atoms with Gasteiger partial charge in [-0.1, -0.05) is 27.2 Å². The van der Waals surface area contributed by atoms with E-state index in [0.717, 1.165) is 32.5 Å². The van der Waals surface area contributed by atoms with Gasteiger partial charge in [0, 0.05) is 19.5 Å². The molecule has 0 amide bonds. The van der Waals surface area contributed by atoms with Gasteiger partial charge in [-0.3, -0.25) is 9.69 Å². The average molecular weight is 227 g/mol. The van der Waals surface area contributed by atoms with Crippen molar-refractivity contribution in [2.75, 3.05) is 26.2 Å². The van der Waals surface area contributed by atoms with Crippen molar-refractivity contribution in [3.63, 3.8) is 0 Å². The summed E-state index contributed by atoms with van der Waals surface area (Å²) in [7, 11) is 0. The summed E-state index contributed by atoms with van der Waals surface area (Å²) >= 11 is 0. The zero-order valence-electron chi connectivity index (χ0n) is 10.9. The Bertz CT molecular complexity index is 216. The highest BCUT2D eigenvalue weighted by Gasteiger charge is 2.26. The van der Waals surface area contributed by atoms with Crippen molar-refractivity contribution in [1.29, 1.82) is 0 Å². The molecule has 0 aliphatic carbocycles. The minimum absolute atomic E-state index is 0.172. The lowest BCUT2D eigenvalue weighted by molar-refractivity contribution is -0.137. The standard InChI is InChI=1S/C13H25NO2/c1-4-6-14-7-8-16-13(10-14)12(15)9-11(3)5-2/h11,13H,4-10H2,1-3H3. The van der Waals surface area contributed by atoms with Crippen LogP contribution in [0.4, 0.5) is 0 Å². The average Bonchev–Trinajstić information content (AvgIpc) is 2.29. The van der Waals surface area contributed by atoms with Gasteiger partial charge in [0.25, 0.3) is 0 Å². The van der Waals surface area contributed by atoms with Crippen LogP contribution in [0, 0.1) is 5.92 Å². The second-order valence-corrected chi connectivity index (χ2v) is 4.84. The molecule has 0 aromatic heterocycles. The van der Waals surface area contributed by atoms with Crippen LogP contribution in [0.2, 0.25) is 0 Å².